The molecule has 3 aromatic carbocycles. The van der Waals surface area contributed by atoms with Crippen LogP contribution in [0.25, 0.3) is 16.6 Å². The summed E-state index contributed by atoms with van der Waals surface area (Å²) in [5, 5.41) is 7.21. The molecule has 0 saturated heterocycles. The summed E-state index contributed by atoms with van der Waals surface area (Å²) in [7, 11) is 3.10. The second-order valence-electron chi connectivity index (χ2n) is 10.1. The molecule has 0 radical (unpaired) electrons. The normalized spacial score (nSPS) is 11.0. The minimum Gasteiger partial charge on any atom is -0.493 e. The summed E-state index contributed by atoms with van der Waals surface area (Å²) < 4.78 is 37.6. The summed E-state index contributed by atoms with van der Waals surface area (Å²) in [6.45, 7) is 5.67. The van der Waals surface area contributed by atoms with Crippen LogP contribution >= 0.6 is 0 Å². The quantitative estimate of drug-likeness (QED) is 0.223. The molecule has 1 amide bonds. The fourth-order valence-electron chi connectivity index (χ4n) is 4.64. The number of ether oxygens (including phenoxy) is 4. The molecule has 0 aliphatic rings. The smallest absolute Gasteiger partial charge is 0.418 e. The molecule has 0 atom stereocenters. The molecule has 45 heavy (non-hydrogen) atoms. The number of hydrogen-bond acceptors (Lipinski definition) is 9. The van der Waals surface area contributed by atoms with Crippen LogP contribution in [0.15, 0.2) is 76.4 Å². The van der Waals surface area contributed by atoms with E-state index < -0.39 is 29.0 Å². The number of hydrogen-bond donors (Lipinski definition) is 1. The van der Waals surface area contributed by atoms with Gasteiger partial charge in [-0.05, 0) is 73.0 Å². The minimum atomic E-state index is -1.00. The number of pyridine rings is 1. The van der Waals surface area contributed by atoms with E-state index in [-0.39, 0.29) is 18.2 Å². The van der Waals surface area contributed by atoms with E-state index in [2.05, 4.69) is 15.4 Å². The zero-order valence-electron chi connectivity index (χ0n) is 25.2. The number of anilines is 1. The first-order valence-corrected chi connectivity index (χ1v) is 13.9. The Kier molecular flexibility index (Phi) is 8.79. The first-order valence-electron chi connectivity index (χ1n) is 13.9. The average molecular weight is 616 g/mol. The molecule has 12 nitrogen and oxygen atoms in total. The molecular formula is C32H30FN5O7. The van der Waals surface area contributed by atoms with Crippen molar-refractivity contribution in [1.29, 1.82) is 0 Å². The Morgan fingerprint density at radius 3 is 2.31 bits per heavy atom. The third kappa shape index (κ3) is 6.32. The van der Waals surface area contributed by atoms with E-state index in [1.54, 1.807) is 63.7 Å². The van der Waals surface area contributed by atoms with E-state index in [4.69, 9.17) is 18.9 Å². The number of nitrogens with zero attached hydrogens (tertiary/aromatic N) is 4. The highest BCUT2D eigenvalue weighted by Gasteiger charge is 2.20. The van der Waals surface area contributed by atoms with Gasteiger partial charge in [0.05, 0.1) is 25.4 Å². The summed E-state index contributed by atoms with van der Waals surface area (Å²) in [4.78, 5) is 43.3. The molecule has 0 unspecified atom stereocenters. The molecule has 0 fully saturated rings. The van der Waals surface area contributed by atoms with E-state index >= 15 is 0 Å². The largest absolute Gasteiger partial charge is 0.493 e. The lowest BCUT2D eigenvalue weighted by atomic mass is 10.0. The van der Waals surface area contributed by atoms with Gasteiger partial charge in [0.15, 0.2) is 11.5 Å². The monoisotopic (exact) mass is 615 g/mol. The predicted molar refractivity (Wildman–Crippen MR) is 165 cm³/mol. The van der Waals surface area contributed by atoms with Crippen molar-refractivity contribution in [3.05, 3.63) is 99.1 Å². The van der Waals surface area contributed by atoms with E-state index in [9.17, 15) is 18.8 Å². The van der Waals surface area contributed by atoms with Gasteiger partial charge in [0.25, 0.3) is 0 Å². The number of aryl methyl sites for hydroxylation is 1. The summed E-state index contributed by atoms with van der Waals surface area (Å²) >= 11 is 0. The maximum atomic E-state index is 13.5. The maximum Gasteiger partial charge on any atom is 0.418 e. The summed E-state index contributed by atoms with van der Waals surface area (Å²) in [5.41, 5.74) is 0.145. The van der Waals surface area contributed by atoms with Crippen LogP contribution < -0.4 is 35.5 Å². The van der Waals surface area contributed by atoms with Crippen molar-refractivity contribution in [2.24, 2.45) is 0 Å². The molecular weight excluding hydrogens is 585 g/mol. The van der Waals surface area contributed by atoms with Crippen LogP contribution in [0.4, 0.5) is 14.9 Å². The van der Waals surface area contributed by atoms with E-state index in [0.29, 0.717) is 39.6 Å². The highest BCUT2D eigenvalue weighted by molar-refractivity contribution is 5.89. The van der Waals surface area contributed by atoms with Crippen molar-refractivity contribution in [3.63, 3.8) is 0 Å². The van der Waals surface area contributed by atoms with Gasteiger partial charge in [-0.25, -0.2) is 23.2 Å². The summed E-state index contributed by atoms with van der Waals surface area (Å²) in [6.07, 6.45) is 0.626. The van der Waals surface area contributed by atoms with Crippen LogP contribution in [0, 0.1) is 5.82 Å². The van der Waals surface area contributed by atoms with Gasteiger partial charge < -0.3 is 18.9 Å². The number of fused-ring (bicyclic) bond motifs is 1. The van der Waals surface area contributed by atoms with Crippen molar-refractivity contribution in [2.45, 2.75) is 33.2 Å². The Bertz CT molecular complexity index is 2010. The number of carbonyl (C=O) groups excluding carboxylic acids is 1. The van der Waals surface area contributed by atoms with Gasteiger partial charge in [0.1, 0.15) is 17.3 Å². The Morgan fingerprint density at radius 2 is 1.64 bits per heavy atom. The van der Waals surface area contributed by atoms with Gasteiger partial charge >= 0.3 is 23.2 Å². The van der Waals surface area contributed by atoms with E-state index in [1.807, 2.05) is 13.8 Å². The molecule has 2 aromatic heterocycles. The fraction of sp³-hybridized carbons (Fsp3) is 0.219. The number of benzene rings is 3. The number of nitrogens with one attached hydrogen (secondary N) is 1. The predicted octanol–water partition coefficient (Wildman–Crippen LogP) is 5.65. The Labute approximate surface area is 256 Å². The van der Waals surface area contributed by atoms with Gasteiger partial charge in [-0.3, -0.25) is 15.1 Å². The molecule has 1 N–H and O–H groups in total. The zero-order chi connectivity index (χ0) is 32.2. The lowest BCUT2D eigenvalue weighted by Crippen LogP contribution is -2.41. The number of carbonyl (C=O) groups is 1. The number of methoxy groups -OCH3 is 2. The number of amides is 1. The van der Waals surface area contributed by atoms with Gasteiger partial charge in [0, 0.05) is 29.9 Å². The van der Waals surface area contributed by atoms with Crippen LogP contribution in [0.2, 0.25) is 0 Å². The lowest BCUT2D eigenvalue weighted by molar-refractivity contribution is 0.210. The van der Waals surface area contributed by atoms with Crippen molar-refractivity contribution in [1.82, 2.24) is 19.3 Å². The highest BCUT2D eigenvalue weighted by Crippen LogP contribution is 2.39. The third-order valence-corrected chi connectivity index (χ3v) is 6.89. The number of rotatable bonds is 9. The maximum absolute atomic E-state index is 13.5. The Balaban J connectivity index is 1.42. The van der Waals surface area contributed by atoms with Crippen molar-refractivity contribution in [2.75, 3.05) is 19.5 Å². The topological polar surface area (TPSA) is 136 Å². The van der Waals surface area contributed by atoms with Gasteiger partial charge in [-0.2, -0.15) is 0 Å². The van der Waals surface area contributed by atoms with Crippen LogP contribution in [-0.2, 0) is 6.54 Å². The van der Waals surface area contributed by atoms with Gasteiger partial charge in [-0.15, -0.1) is 5.10 Å². The van der Waals surface area contributed by atoms with Gasteiger partial charge in [-0.1, -0.05) is 13.8 Å². The second kappa shape index (κ2) is 12.9. The zero-order valence-corrected chi connectivity index (χ0v) is 25.2. The molecule has 5 aromatic rings. The number of aromatic nitrogens is 4. The first kappa shape index (κ1) is 30.7. The van der Waals surface area contributed by atoms with Crippen LogP contribution in [-0.4, -0.2) is 39.6 Å². The third-order valence-electron chi connectivity index (χ3n) is 6.89. The average Bonchev–Trinajstić information content (AvgIpc) is 3.03. The van der Waals surface area contributed by atoms with Crippen molar-refractivity contribution >= 4 is 22.7 Å². The molecule has 2 heterocycles. The molecule has 0 aliphatic carbocycles. The molecule has 0 aliphatic heterocycles. The van der Waals surface area contributed by atoms with E-state index in [1.165, 1.54) is 12.1 Å². The lowest BCUT2D eigenvalue weighted by Gasteiger charge is -2.17. The molecule has 232 valence electrons. The van der Waals surface area contributed by atoms with E-state index in [0.717, 1.165) is 26.9 Å². The molecule has 5 rings (SSSR count). The van der Waals surface area contributed by atoms with Gasteiger partial charge in [0.2, 0.25) is 0 Å². The Hall–Kier alpha value is -5.72. The second-order valence-corrected chi connectivity index (χ2v) is 10.1. The summed E-state index contributed by atoms with van der Waals surface area (Å²) in [5.74, 6) is 0.968. The SMILES string of the molecule is CCn1nc(OC(=O)Nc2ccc(Oc3ccnc4cc(OC)c(OC)cc34)c(C(C)C)c2)c(=O)n(-c2ccc(F)cc2)c1=O. The summed E-state index contributed by atoms with van der Waals surface area (Å²) in [6, 6.07) is 15.1. The first-order chi connectivity index (χ1) is 21.6. The molecule has 0 spiro atoms. The Morgan fingerprint density at radius 1 is 0.933 bits per heavy atom. The van der Waals surface area contributed by atoms with Crippen molar-refractivity contribution in [3.8, 4) is 34.6 Å². The molecule has 0 saturated carbocycles. The van der Waals surface area contributed by atoms with Crippen LogP contribution in [0.5, 0.6) is 28.9 Å². The standard InChI is InChI=1S/C32H30FN5O7/c1-6-37-32(41)38(21-10-7-19(33)8-11-21)30(39)29(36-37)45-31(40)35-20-9-12-25(22(15-20)18(2)3)44-26-13-14-34-24-17-28(43-5)27(42-4)16-23(24)26/h7-18H,6H2,1-5H3,(H,35,40). The highest BCUT2D eigenvalue weighted by atomic mass is 19.1. The van der Waals surface area contributed by atoms with Crippen LogP contribution in [0.1, 0.15) is 32.3 Å². The molecule has 0 bridgehead atoms. The molecule has 13 heteroatoms. The fourth-order valence-corrected chi connectivity index (χ4v) is 4.64. The van der Waals surface area contributed by atoms with Crippen molar-refractivity contribution < 1.29 is 28.1 Å². The number of halogens is 1. The van der Waals surface area contributed by atoms with Crippen LogP contribution in [0.3, 0.4) is 0 Å². The minimum absolute atomic E-state index is 0.0156.